The van der Waals surface area contributed by atoms with Crippen molar-refractivity contribution in [3.63, 3.8) is 0 Å². The summed E-state index contributed by atoms with van der Waals surface area (Å²) in [4.78, 5) is 0. The van der Waals surface area contributed by atoms with Crippen LogP contribution in [0.1, 0.15) is 5.56 Å². The van der Waals surface area contributed by atoms with E-state index in [0.717, 1.165) is 22.7 Å². The van der Waals surface area contributed by atoms with Crippen molar-refractivity contribution in [3.8, 4) is 5.75 Å². The van der Waals surface area contributed by atoms with E-state index in [1.54, 1.807) is 13.2 Å². The van der Waals surface area contributed by atoms with Gasteiger partial charge in [0.2, 0.25) is 0 Å². The van der Waals surface area contributed by atoms with Crippen LogP contribution >= 0.6 is 12.2 Å². The number of ether oxygens (including phenoxy) is 1. The number of thiocarbonyl (C=S) groups is 1. The Kier molecular flexibility index (Phi) is 4.53. The first kappa shape index (κ1) is 14.3. The first-order valence-corrected chi connectivity index (χ1v) is 6.47. The fraction of sp³-hybridized carbons (Fsp3) is 0.133. The highest BCUT2D eigenvalue weighted by atomic mass is 32.1. The van der Waals surface area contributed by atoms with Crippen LogP contribution in [0.4, 0.5) is 15.8 Å². The molecule has 5 heteroatoms. The maximum Gasteiger partial charge on any atom is 0.175 e. The molecule has 0 saturated carbocycles. The average Bonchev–Trinajstić information content (AvgIpc) is 2.42. The number of rotatable bonds is 3. The van der Waals surface area contributed by atoms with E-state index in [9.17, 15) is 4.39 Å². The molecule has 0 heterocycles. The van der Waals surface area contributed by atoms with Crippen LogP contribution in [0.3, 0.4) is 0 Å². The Balaban J connectivity index is 2.05. The van der Waals surface area contributed by atoms with E-state index in [1.165, 1.54) is 12.1 Å². The van der Waals surface area contributed by atoms with Gasteiger partial charge in [-0.15, -0.1) is 0 Å². The number of benzene rings is 2. The van der Waals surface area contributed by atoms with Gasteiger partial charge in [0.15, 0.2) is 5.11 Å². The highest BCUT2D eigenvalue weighted by Crippen LogP contribution is 2.19. The van der Waals surface area contributed by atoms with Crippen LogP contribution in [-0.2, 0) is 0 Å². The summed E-state index contributed by atoms with van der Waals surface area (Å²) >= 11 is 5.23. The zero-order valence-corrected chi connectivity index (χ0v) is 12.1. The van der Waals surface area contributed by atoms with Crippen molar-refractivity contribution >= 4 is 28.7 Å². The predicted molar refractivity (Wildman–Crippen MR) is 84.0 cm³/mol. The summed E-state index contributed by atoms with van der Waals surface area (Å²) in [5, 5.41) is 6.53. The molecule has 0 aromatic heterocycles. The molecule has 2 rings (SSSR count). The summed E-state index contributed by atoms with van der Waals surface area (Å²) in [6.45, 7) is 1.82. The number of methoxy groups -OCH3 is 1. The van der Waals surface area contributed by atoms with Crippen molar-refractivity contribution in [2.45, 2.75) is 6.92 Å². The van der Waals surface area contributed by atoms with Crippen molar-refractivity contribution in [2.24, 2.45) is 0 Å². The predicted octanol–water partition coefficient (Wildman–Crippen LogP) is 3.95. The van der Waals surface area contributed by atoms with E-state index in [1.807, 2.05) is 31.2 Å². The molecule has 0 aliphatic carbocycles. The minimum atomic E-state index is -0.264. The molecule has 0 atom stereocenters. The van der Waals surface area contributed by atoms with Crippen LogP contribution in [0.5, 0.6) is 5.75 Å². The third-order valence-electron chi connectivity index (χ3n) is 2.76. The lowest BCUT2D eigenvalue weighted by Crippen LogP contribution is -2.19. The average molecular weight is 290 g/mol. The molecule has 0 bridgehead atoms. The van der Waals surface area contributed by atoms with Crippen molar-refractivity contribution in [1.29, 1.82) is 0 Å². The molecule has 104 valence electrons. The van der Waals surface area contributed by atoms with Crippen molar-refractivity contribution in [2.75, 3.05) is 17.7 Å². The molecule has 2 aromatic rings. The number of aryl methyl sites for hydroxylation is 1. The Labute approximate surface area is 122 Å². The maximum absolute atomic E-state index is 13.0. The lowest BCUT2D eigenvalue weighted by Gasteiger charge is -2.13. The largest absolute Gasteiger partial charge is 0.497 e. The number of halogens is 1. The Bertz CT molecular complexity index is 631. The zero-order chi connectivity index (χ0) is 14.5. The topological polar surface area (TPSA) is 33.3 Å². The van der Waals surface area contributed by atoms with Gasteiger partial charge < -0.3 is 15.4 Å². The maximum atomic E-state index is 13.0. The van der Waals surface area contributed by atoms with Crippen LogP contribution in [0.25, 0.3) is 0 Å². The molecule has 2 aromatic carbocycles. The number of hydrogen-bond donors (Lipinski definition) is 2. The smallest absolute Gasteiger partial charge is 0.175 e. The second-order valence-electron chi connectivity index (χ2n) is 4.27. The van der Waals surface area contributed by atoms with Crippen LogP contribution < -0.4 is 15.4 Å². The number of hydrogen-bond acceptors (Lipinski definition) is 2. The molecule has 0 unspecified atom stereocenters. The van der Waals surface area contributed by atoms with Gasteiger partial charge in [-0.2, -0.15) is 0 Å². The van der Waals surface area contributed by atoms with Gasteiger partial charge in [0, 0.05) is 17.4 Å². The van der Waals surface area contributed by atoms with Crippen LogP contribution in [0.2, 0.25) is 0 Å². The van der Waals surface area contributed by atoms with Crippen LogP contribution in [0.15, 0.2) is 42.5 Å². The second-order valence-corrected chi connectivity index (χ2v) is 4.68. The standard InChI is InChI=1S/C15H15FN2OS/c1-10-8-11(16)6-7-14(10)18-15(20)17-12-4-3-5-13(9-12)19-2/h3-9H,1-2H3,(H2,17,18,20). The third kappa shape index (κ3) is 3.68. The summed E-state index contributed by atoms with van der Waals surface area (Å²) in [5.41, 5.74) is 2.38. The normalized spacial score (nSPS) is 9.95. The fourth-order valence-corrected chi connectivity index (χ4v) is 1.98. The molecule has 0 saturated heterocycles. The first-order valence-electron chi connectivity index (χ1n) is 6.06. The van der Waals surface area contributed by atoms with Crippen molar-refractivity contribution < 1.29 is 9.13 Å². The quantitative estimate of drug-likeness (QED) is 0.839. The monoisotopic (exact) mass is 290 g/mol. The van der Waals surface area contributed by atoms with Crippen LogP contribution in [0, 0.1) is 12.7 Å². The number of nitrogens with one attached hydrogen (secondary N) is 2. The fourth-order valence-electron chi connectivity index (χ4n) is 1.75. The van der Waals surface area contributed by atoms with Gasteiger partial charge in [0.25, 0.3) is 0 Å². The van der Waals surface area contributed by atoms with E-state index in [2.05, 4.69) is 10.6 Å². The van der Waals surface area contributed by atoms with E-state index in [0.29, 0.717) is 5.11 Å². The molecule has 0 spiro atoms. The van der Waals surface area contributed by atoms with Gasteiger partial charge in [-0.3, -0.25) is 0 Å². The van der Waals surface area contributed by atoms with Crippen molar-refractivity contribution in [3.05, 3.63) is 53.8 Å². The first-order chi connectivity index (χ1) is 9.58. The van der Waals surface area contributed by atoms with Gasteiger partial charge in [-0.05, 0) is 55.0 Å². The molecule has 0 amide bonds. The Morgan fingerprint density at radius 1 is 1.15 bits per heavy atom. The minimum Gasteiger partial charge on any atom is -0.497 e. The molecule has 0 radical (unpaired) electrons. The molecular formula is C15H15FN2OS. The van der Waals surface area contributed by atoms with Crippen LogP contribution in [-0.4, -0.2) is 12.2 Å². The molecule has 0 aliphatic rings. The minimum absolute atomic E-state index is 0.264. The summed E-state index contributed by atoms with van der Waals surface area (Å²) in [6, 6.07) is 11.9. The van der Waals surface area contributed by atoms with Gasteiger partial charge in [0.1, 0.15) is 11.6 Å². The van der Waals surface area contributed by atoms with Gasteiger partial charge in [0.05, 0.1) is 7.11 Å². The lowest BCUT2D eigenvalue weighted by molar-refractivity contribution is 0.415. The van der Waals surface area contributed by atoms with Crippen molar-refractivity contribution in [1.82, 2.24) is 0 Å². The summed E-state index contributed by atoms with van der Waals surface area (Å²) in [5.74, 6) is 0.482. The second kappa shape index (κ2) is 6.34. The number of anilines is 2. The van der Waals surface area contributed by atoms with E-state index < -0.39 is 0 Å². The molecule has 0 aliphatic heterocycles. The van der Waals surface area contributed by atoms with Gasteiger partial charge in [-0.1, -0.05) is 6.07 Å². The van der Waals surface area contributed by atoms with Gasteiger partial charge in [-0.25, -0.2) is 4.39 Å². The van der Waals surface area contributed by atoms with E-state index in [-0.39, 0.29) is 5.82 Å². The lowest BCUT2D eigenvalue weighted by atomic mass is 10.2. The summed E-state index contributed by atoms with van der Waals surface area (Å²) < 4.78 is 18.2. The van der Waals surface area contributed by atoms with Gasteiger partial charge >= 0.3 is 0 Å². The molecule has 2 N–H and O–H groups in total. The summed E-state index contributed by atoms with van der Waals surface area (Å²) in [6.07, 6.45) is 0. The van der Waals surface area contributed by atoms with E-state index in [4.69, 9.17) is 17.0 Å². The van der Waals surface area contributed by atoms with E-state index >= 15 is 0 Å². The molecule has 3 nitrogen and oxygen atoms in total. The highest BCUT2D eigenvalue weighted by molar-refractivity contribution is 7.80. The Hall–Kier alpha value is -2.14. The molecular weight excluding hydrogens is 275 g/mol. The third-order valence-corrected chi connectivity index (χ3v) is 2.97. The Morgan fingerprint density at radius 2 is 1.95 bits per heavy atom. The SMILES string of the molecule is COc1cccc(NC(=S)Nc2ccc(F)cc2C)c1. The highest BCUT2D eigenvalue weighted by Gasteiger charge is 2.03. The molecule has 0 fully saturated rings. The Morgan fingerprint density at radius 3 is 2.65 bits per heavy atom. The zero-order valence-electron chi connectivity index (χ0n) is 11.2. The molecule has 20 heavy (non-hydrogen) atoms. The summed E-state index contributed by atoms with van der Waals surface area (Å²) in [7, 11) is 1.61.